The van der Waals surface area contributed by atoms with Crippen LogP contribution in [-0.4, -0.2) is 32.1 Å². The van der Waals surface area contributed by atoms with Crippen molar-refractivity contribution in [1.82, 2.24) is 5.32 Å². The lowest BCUT2D eigenvalue weighted by atomic mass is 9.94. The van der Waals surface area contributed by atoms with E-state index in [9.17, 15) is 14.0 Å². The highest BCUT2D eigenvalue weighted by Crippen LogP contribution is 2.21. The van der Waals surface area contributed by atoms with Gasteiger partial charge in [-0.25, -0.2) is 9.18 Å². The molecule has 1 aromatic rings. The molecular formula is C15H19FN2O3. The molecule has 2 rings (SSSR count). The van der Waals surface area contributed by atoms with Crippen LogP contribution in [0.1, 0.15) is 29.6 Å². The highest BCUT2D eigenvalue weighted by atomic mass is 19.1. The van der Waals surface area contributed by atoms with E-state index in [1.54, 1.807) is 0 Å². The minimum absolute atomic E-state index is 0.151. The predicted molar refractivity (Wildman–Crippen MR) is 76.6 cm³/mol. The number of nitrogens with one attached hydrogen (secondary N) is 2. The molecule has 1 fully saturated rings. The van der Waals surface area contributed by atoms with Gasteiger partial charge in [0, 0.05) is 6.42 Å². The highest BCUT2D eigenvalue weighted by Gasteiger charge is 2.19. The third kappa shape index (κ3) is 4.26. The van der Waals surface area contributed by atoms with Crippen molar-refractivity contribution in [3.63, 3.8) is 0 Å². The van der Waals surface area contributed by atoms with E-state index in [4.69, 9.17) is 0 Å². The lowest BCUT2D eigenvalue weighted by molar-refractivity contribution is -0.117. The van der Waals surface area contributed by atoms with Gasteiger partial charge in [-0.05, 0) is 50.0 Å². The third-order valence-electron chi connectivity index (χ3n) is 3.59. The maximum Gasteiger partial charge on any atom is 0.339 e. The number of rotatable bonds is 4. The van der Waals surface area contributed by atoms with Crippen LogP contribution in [0.3, 0.4) is 0 Å². The second kappa shape index (κ2) is 7.17. The van der Waals surface area contributed by atoms with Crippen LogP contribution in [0, 0.1) is 11.7 Å². The van der Waals surface area contributed by atoms with Gasteiger partial charge in [-0.3, -0.25) is 4.79 Å². The summed E-state index contributed by atoms with van der Waals surface area (Å²) in [5.74, 6) is -1.01. The van der Waals surface area contributed by atoms with Crippen LogP contribution in [0.15, 0.2) is 18.2 Å². The number of hydrogen-bond acceptors (Lipinski definition) is 4. The number of ether oxygens (including phenoxy) is 1. The van der Waals surface area contributed by atoms with Crippen molar-refractivity contribution in [3.05, 3.63) is 29.6 Å². The van der Waals surface area contributed by atoms with Crippen molar-refractivity contribution < 1.29 is 18.7 Å². The fraction of sp³-hybridized carbons (Fsp3) is 0.467. The monoisotopic (exact) mass is 294 g/mol. The topological polar surface area (TPSA) is 67.4 Å². The Bertz CT molecular complexity index is 528. The Morgan fingerprint density at radius 1 is 1.38 bits per heavy atom. The van der Waals surface area contributed by atoms with Crippen LogP contribution in [0.4, 0.5) is 10.1 Å². The Morgan fingerprint density at radius 3 is 2.76 bits per heavy atom. The first-order chi connectivity index (χ1) is 10.1. The van der Waals surface area contributed by atoms with E-state index >= 15 is 0 Å². The molecule has 1 aromatic carbocycles. The molecule has 1 aliphatic heterocycles. The van der Waals surface area contributed by atoms with Gasteiger partial charge >= 0.3 is 5.97 Å². The van der Waals surface area contributed by atoms with Crippen molar-refractivity contribution in [2.45, 2.75) is 19.3 Å². The molecular weight excluding hydrogens is 275 g/mol. The predicted octanol–water partition coefficient (Wildman–Crippen LogP) is 1.94. The second-order valence-corrected chi connectivity index (χ2v) is 5.13. The lowest BCUT2D eigenvalue weighted by Gasteiger charge is -2.22. The summed E-state index contributed by atoms with van der Waals surface area (Å²) in [4.78, 5) is 23.7. The largest absolute Gasteiger partial charge is 0.465 e. The number of piperidine rings is 1. The molecule has 0 aliphatic carbocycles. The van der Waals surface area contributed by atoms with E-state index in [0.29, 0.717) is 12.3 Å². The second-order valence-electron chi connectivity index (χ2n) is 5.13. The number of hydrogen-bond donors (Lipinski definition) is 2. The number of carbonyl (C=O) groups excluding carboxylic acids is 2. The zero-order valence-corrected chi connectivity index (χ0v) is 11.9. The molecule has 1 heterocycles. The van der Waals surface area contributed by atoms with Gasteiger partial charge < -0.3 is 15.4 Å². The quantitative estimate of drug-likeness (QED) is 0.833. The zero-order valence-electron chi connectivity index (χ0n) is 11.9. The first kappa shape index (κ1) is 15.4. The van der Waals surface area contributed by atoms with Crippen molar-refractivity contribution in [2.24, 2.45) is 5.92 Å². The summed E-state index contributed by atoms with van der Waals surface area (Å²) in [6, 6.07) is 3.60. The molecule has 2 N–H and O–H groups in total. The lowest BCUT2D eigenvalue weighted by Crippen LogP contribution is -2.30. The fourth-order valence-corrected chi connectivity index (χ4v) is 2.46. The Labute approximate surface area is 122 Å². The Hall–Kier alpha value is -1.95. The number of halogens is 1. The standard InChI is InChI=1S/C15H19FN2O3/c1-21-15(20)12-3-2-11(16)9-13(12)18-14(19)8-10-4-6-17-7-5-10/h2-3,9-10,17H,4-8H2,1H3,(H,18,19). The number of esters is 1. The van der Waals surface area contributed by atoms with Gasteiger partial charge in [0.15, 0.2) is 0 Å². The van der Waals surface area contributed by atoms with Crippen LogP contribution in [0.2, 0.25) is 0 Å². The molecule has 5 nitrogen and oxygen atoms in total. The summed E-state index contributed by atoms with van der Waals surface area (Å²) < 4.78 is 17.9. The van der Waals surface area contributed by atoms with Crippen LogP contribution in [-0.2, 0) is 9.53 Å². The molecule has 0 atom stereocenters. The molecule has 0 unspecified atom stereocenters. The summed E-state index contributed by atoms with van der Waals surface area (Å²) in [5.41, 5.74) is 0.304. The first-order valence-corrected chi connectivity index (χ1v) is 6.98. The zero-order chi connectivity index (χ0) is 15.2. The average Bonchev–Trinajstić information content (AvgIpc) is 2.47. The van der Waals surface area contributed by atoms with E-state index in [1.807, 2.05) is 0 Å². The number of anilines is 1. The van der Waals surface area contributed by atoms with E-state index in [2.05, 4.69) is 15.4 Å². The molecule has 0 saturated carbocycles. The minimum Gasteiger partial charge on any atom is -0.465 e. The van der Waals surface area contributed by atoms with Crippen LogP contribution in [0.5, 0.6) is 0 Å². The summed E-state index contributed by atoms with van der Waals surface area (Å²) in [5, 5.41) is 5.85. The molecule has 114 valence electrons. The molecule has 1 saturated heterocycles. The SMILES string of the molecule is COC(=O)c1ccc(F)cc1NC(=O)CC1CCNCC1. The van der Waals surface area contributed by atoms with Gasteiger partial charge in [0.25, 0.3) is 0 Å². The smallest absolute Gasteiger partial charge is 0.339 e. The summed E-state index contributed by atoms with van der Waals surface area (Å²) >= 11 is 0. The van der Waals surface area contributed by atoms with Gasteiger partial charge in [0.05, 0.1) is 18.4 Å². The number of methoxy groups -OCH3 is 1. The fourth-order valence-electron chi connectivity index (χ4n) is 2.46. The molecule has 0 radical (unpaired) electrons. The van der Waals surface area contributed by atoms with Gasteiger partial charge in [0.2, 0.25) is 5.91 Å². The molecule has 1 amide bonds. The Kier molecular flexibility index (Phi) is 5.27. The molecule has 1 aliphatic rings. The minimum atomic E-state index is -0.604. The molecule has 0 bridgehead atoms. The van der Waals surface area contributed by atoms with Crippen molar-refractivity contribution >= 4 is 17.6 Å². The highest BCUT2D eigenvalue weighted by molar-refractivity contribution is 6.01. The van der Waals surface area contributed by atoms with Gasteiger partial charge in [-0.15, -0.1) is 0 Å². The van der Waals surface area contributed by atoms with E-state index in [0.717, 1.165) is 38.1 Å². The maximum absolute atomic E-state index is 13.3. The first-order valence-electron chi connectivity index (χ1n) is 6.98. The summed E-state index contributed by atoms with van der Waals surface area (Å²) in [6.07, 6.45) is 2.26. The summed E-state index contributed by atoms with van der Waals surface area (Å²) in [6.45, 7) is 1.82. The molecule has 0 spiro atoms. The van der Waals surface area contributed by atoms with Crippen LogP contribution < -0.4 is 10.6 Å². The maximum atomic E-state index is 13.3. The van der Waals surface area contributed by atoms with Crippen LogP contribution >= 0.6 is 0 Å². The Morgan fingerprint density at radius 2 is 2.10 bits per heavy atom. The van der Waals surface area contributed by atoms with Gasteiger partial charge in [-0.1, -0.05) is 0 Å². The van der Waals surface area contributed by atoms with Crippen LogP contribution in [0.25, 0.3) is 0 Å². The summed E-state index contributed by atoms with van der Waals surface area (Å²) in [7, 11) is 1.24. The van der Waals surface area contributed by atoms with Gasteiger partial charge in [0.1, 0.15) is 5.82 Å². The number of carbonyl (C=O) groups is 2. The number of amides is 1. The normalized spacial score (nSPS) is 15.5. The average molecular weight is 294 g/mol. The van der Waals surface area contributed by atoms with E-state index in [-0.39, 0.29) is 17.2 Å². The molecule has 6 heteroatoms. The molecule has 0 aromatic heterocycles. The Balaban J connectivity index is 2.05. The van der Waals surface area contributed by atoms with Crippen molar-refractivity contribution in [2.75, 3.05) is 25.5 Å². The van der Waals surface area contributed by atoms with Gasteiger partial charge in [-0.2, -0.15) is 0 Å². The molecule has 21 heavy (non-hydrogen) atoms. The third-order valence-corrected chi connectivity index (χ3v) is 3.59. The van der Waals surface area contributed by atoms with Crippen molar-refractivity contribution in [1.29, 1.82) is 0 Å². The van der Waals surface area contributed by atoms with E-state index < -0.39 is 11.8 Å². The van der Waals surface area contributed by atoms with Crippen molar-refractivity contribution in [3.8, 4) is 0 Å². The number of benzene rings is 1. The van der Waals surface area contributed by atoms with E-state index in [1.165, 1.54) is 13.2 Å².